The number of phenolic OH excluding ortho intramolecular Hbond substituents is 2. The Bertz CT molecular complexity index is 815. The third-order valence-corrected chi connectivity index (χ3v) is 4.16. The van der Waals surface area contributed by atoms with Gasteiger partial charge in [-0.2, -0.15) is 0 Å². The maximum absolute atomic E-state index is 9.54. The van der Waals surface area contributed by atoms with Crippen LogP contribution in [0.3, 0.4) is 0 Å². The molecule has 0 atom stereocenters. The highest BCUT2D eigenvalue weighted by Gasteiger charge is 2.15. The van der Waals surface area contributed by atoms with Crippen LogP contribution in [0.2, 0.25) is 0 Å². The van der Waals surface area contributed by atoms with Gasteiger partial charge in [-0.1, -0.05) is 42.5 Å². The summed E-state index contributed by atoms with van der Waals surface area (Å²) in [6.07, 6.45) is 0. The van der Waals surface area contributed by atoms with Gasteiger partial charge in [-0.3, -0.25) is 0 Å². The zero-order valence-corrected chi connectivity index (χ0v) is 13.8. The van der Waals surface area contributed by atoms with E-state index in [-0.39, 0.29) is 11.5 Å². The number of rotatable bonds is 4. The quantitative estimate of drug-likeness (QED) is 0.690. The topological polar surface area (TPSA) is 43.7 Å². The Labute approximate surface area is 146 Å². The number of phenols is 2. The first kappa shape index (κ1) is 16.0. The van der Waals surface area contributed by atoms with Gasteiger partial charge in [0, 0.05) is 17.8 Å². The van der Waals surface area contributed by atoms with Gasteiger partial charge in [0.1, 0.15) is 16.5 Å². The van der Waals surface area contributed by atoms with Crippen LogP contribution in [-0.4, -0.2) is 15.2 Å². The van der Waals surface area contributed by atoms with Gasteiger partial charge in [0.2, 0.25) is 0 Å². The minimum Gasteiger partial charge on any atom is -0.508 e. The van der Waals surface area contributed by atoms with Crippen LogP contribution in [-0.2, 0) is 6.54 Å². The molecule has 0 fully saturated rings. The molecule has 3 aromatic carbocycles. The van der Waals surface area contributed by atoms with E-state index in [4.69, 9.17) is 12.2 Å². The summed E-state index contributed by atoms with van der Waals surface area (Å²) in [5.74, 6) is 0.426. The molecule has 0 saturated heterocycles. The summed E-state index contributed by atoms with van der Waals surface area (Å²) in [6, 6.07) is 23.9. The molecule has 3 rings (SSSR count). The fraction of sp³-hybridized carbons (Fsp3) is 0.0500. The summed E-state index contributed by atoms with van der Waals surface area (Å²) in [5.41, 5.74) is 2.88. The van der Waals surface area contributed by atoms with Gasteiger partial charge in [-0.25, -0.2) is 0 Å². The van der Waals surface area contributed by atoms with Crippen molar-refractivity contribution < 1.29 is 10.2 Å². The predicted molar refractivity (Wildman–Crippen MR) is 101 cm³/mol. The lowest BCUT2D eigenvalue weighted by Gasteiger charge is -2.26. The lowest BCUT2D eigenvalue weighted by molar-refractivity contribution is 0.474. The van der Waals surface area contributed by atoms with E-state index in [0.29, 0.717) is 11.5 Å². The van der Waals surface area contributed by atoms with E-state index in [2.05, 4.69) is 0 Å². The summed E-state index contributed by atoms with van der Waals surface area (Å²) < 4.78 is 0. The molecule has 0 aliphatic rings. The number of benzene rings is 3. The van der Waals surface area contributed by atoms with E-state index >= 15 is 0 Å². The van der Waals surface area contributed by atoms with Gasteiger partial charge in [0.15, 0.2) is 0 Å². The van der Waals surface area contributed by atoms with Gasteiger partial charge in [0.25, 0.3) is 0 Å². The maximum atomic E-state index is 9.54. The highest BCUT2D eigenvalue weighted by molar-refractivity contribution is 7.81. The molecule has 0 aliphatic heterocycles. The maximum Gasteiger partial charge on any atom is 0.115 e. The first-order valence-corrected chi connectivity index (χ1v) is 7.98. The van der Waals surface area contributed by atoms with Gasteiger partial charge in [-0.15, -0.1) is 0 Å². The number of thiocarbonyl (C=S) groups is 1. The molecule has 0 aliphatic carbocycles. The summed E-state index contributed by atoms with van der Waals surface area (Å²) in [5, 5.41) is 19.0. The molecule has 0 heterocycles. The van der Waals surface area contributed by atoms with Gasteiger partial charge < -0.3 is 15.1 Å². The Balaban J connectivity index is 1.96. The van der Waals surface area contributed by atoms with Crippen molar-refractivity contribution in [2.24, 2.45) is 0 Å². The largest absolute Gasteiger partial charge is 0.508 e. The Morgan fingerprint density at radius 3 is 1.88 bits per heavy atom. The van der Waals surface area contributed by atoms with Crippen LogP contribution in [0, 0.1) is 0 Å². The highest BCUT2D eigenvalue weighted by atomic mass is 32.1. The summed E-state index contributed by atoms with van der Waals surface area (Å²) >= 11 is 5.68. The molecule has 2 N–H and O–H groups in total. The molecule has 0 saturated carbocycles. The number of nitrogens with zero attached hydrogens (tertiary/aromatic N) is 1. The number of hydrogen-bond acceptors (Lipinski definition) is 3. The minimum absolute atomic E-state index is 0.209. The standard InChI is InChI=1S/C20H17NO2S/c22-18-10-6-16(7-11-18)20(24)21(14-15-4-2-1-3-5-15)17-8-12-19(23)13-9-17/h1-13,22-23H,14H2. The molecule has 0 amide bonds. The van der Waals surface area contributed by atoms with Crippen molar-refractivity contribution in [3.8, 4) is 11.5 Å². The summed E-state index contributed by atoms with van der Waals surface area (Å²) in [4.78, 5) is 2.67. The first-order chi connectivity index (χ1) is 11.6. The number of hydrogen-bond donors (Lipinski definition) is 2. The molecule has 3 aromatic rings. The van der Waals surface area contributed by atoms with E-state index < -0.39 is 0 Å². The molecule has 120 valence electrons. The van der Waals surface area contributed by atoms with E-state index in [9.17, 15) is 10.2 Å². The molecule has 0 radical (unpaired) electrons. The van der Waals surface area contributed by atoms with Crippen molar-refractivity contribution in [3.63, 3.8) is 0 Å². The van der Waals surface area contributed by atoms with Crippen molar-refractivity contribution in [1.29, 1.82) is 0 Å². The normalized spacial score (nSPS) is 10.3. The summed E-state index contributed by atoms with van der Waals surface area (Å²) in [6.45, 7) is 0.616. The highest BCUT2D eigenvalue weighted by Crippen LogP contribution is 2.24. The number of aromatic hydroxyl groups is 2. The van der Waals surface area contributed by atoms with E-state index in [1.54, 1.807) is 36.4 Å². The second-order valence-corrected chi connectivity index (χ2v) is 5.83. The minimum atomic E-state index is 0.209. The third kappa shape index (κ3) is 3.73. The van der Waals surface area contributed by atoms with E-state index in [1.807, 2.05) is 47.4 Å². The third-order valence-electron chi connectivity index (χ3n) is 3.70. The Morgan fingerprint density at radius 2 is 1.29 bits per heavy atom. The fourth-order valence-electron chi connectivity index (χ4n) is 2.44. The lowest BCUT2D eigenvalue weighted by atomic mass is 10.1. The molecule has 0 unspecified atom stereocenters. The Morgan fingerprint density at radius 1 is 0.750 bits per heavy atom. The molecule has 3 nitrogen and oxygen atoms in total. The van der Waals surface area contributed by atoms with Crippen LogP contribution in [0.15, 0.2) is 78.9 Å². The molecular formula is C20H17NO2S. The lowest BCUT2D eigenvalue weighted by Crippen LogP contribution is -2.29. The second-order valence-electron chi connectivity index (χ2n) is 5.44. The number of anilines is 1. The van der Waals surface area contributed by atoms with Crippen LogP contribution < -0.4 is 4.90 Å². The van der Waals surface area contributed by atoms with Crippen molar-refractivity contribution in [1.82, 2.24) is 0 Å². The average molecular weight is 335 g/mol. The smallest absolute Gasteiger partial charge is 0.115 e. The van der Waals surface area contributed by atoms with Crippen LogP contribution in [0.4, 0.5) is 5.69 Å². The van der Waals surface area contributed by atoms with E-state index in [0.717, 1.165) is 16.8 Å². The van der Waals surface area contributed by atoms with Crippen molar-refractivity contribution >= 4 is 22.9 Å². The van der Waals surface area contributed by atoms with Gasteiger partial charge in [0.05, 0.1) is 0 Å². The van der Waals surface area contributed by atoms with Crippen LogP contribution in [0.25, 0.3) is 0 Å². The van der Waals surface area contributed by atoms with Crippen LogP contribution in [0.5, 0.6) is 11.5 Å². The zero-order chi connectivity index (χ0) is 16.9. The van der Waals surface area contributed by atoms with Gasteiger partial charge in [-0.05, 0) is 54.1 Å². The zero-order valence-electron chi connectivity index (χ0n) is 13.0. The Kier molecular flexibility index (Phi) is 4.77. The summed E-state index contributed by atoms with van der Waals surface area (Å²) in [7, 11) is 0. The molecule has 4 heteroatoms. The first-order valence-electron chi connectivity index (χ1n) is 7.57. The predicted octanol–water partition coefficient (Wildman–Crippen LogP) is 4.48. The van der Waals surface area contributed by atoms with Gasteiger partial charge >= 0.3 is 0 Å². The average Bonchev–Trinajstić information content (AvgIpc) is 2.62. The molecular weight excluding hydrogens is 318 g/mol. The SMILES string of the molecule is Oc1ccc(C(=S)N(Cc2ccccc2)c2ccc(O)cc2)cc1. The van der Waals surface area contributed by atoms with Crippen molar-refractivity contribution in [2.75, 3.05) is 4.90 Å². The Hall–Kier alpha value is -2.85. The molecule has 0 bridgehead atoms. The van der Waals surface area contributed by atoms with Crippen LogP contribution >= 0.6 is 12.2 Å². The second kappa shape index (κ2) is 7.15. The van der Waals surface area contributed by atoms with Crippen molar-refractivity contribution in [3.05, 3.63) is 90.0 Å². The fourth-order valence-corrected chi connectivity index (χ4v) is 2.74. The molecule has 24 heavy (non-hydrogen) atoms. The molecule has 0 spiro atoms. The monoisotopic (exact) mass is 335 g/mol. The van der Waals surface area contributed by atoms with E-state index in [1.165, 1.54) is 0 Å². The van der Waals surface area contributed by atoms with Crippen molar-refractivity contribution in [2.45, 2.75) is 6.54 Å². The molecule has 0 aromatic heterocycles. The van der Waals surface area contributed by atoms with Crippen LogP contribution in [0.1, 0.15) is 11.1 Å².